The lowest BCUT2D eigenvalue weighted by molar-refractivity contribution is -0.136. The standard InChI is InChI=1S/C14H9BrF3NO2/c15-9-3-6-11(14(16,17)18)12(7-9)19-10-4-1-8(2-5-10)13(20)21/h1-7,19H,(H,20,21). The molecule has 3 nitrogen and oxygen atoms in total. The fourth-order valence-corrected chi connectivity index (χ4v) is 2.08. The largest absolute Gasteiger partial charge is 0.478 e. The molecule has 0 spiro atoms. The molecule has 2 N–H and O–H groups in total. The number of nitrogens with one attached hydrogen (secondary N) is 1. The fourth-order valence-electron chi connectivity index (χ4n) is 1.72. The van der Waals surface area contributed by atoms with Crippen LogP contribution in [0, 0.1) is 0 Å². The predicted molar refractivity (Wildman–Crippen MR) is 75.8 cm³/mol. The number of hydrogen-bond acceptors (Lipinski definition) is 2. The first-order chi connectivity index (χ1) is 9.77. The van der Waals surface area contributed by atoms with E-state index in [4.69, 9.17) is 5.11 Å². The minimum Gasteiger partial charge on any atom is -0.478 e. The van der Waals surface area contributed by atoms with Crippen molar-refractivity contribution in [3.8, 4) is 0 Å². The highest BCUT2D eigenvalue weighted by Crippen LogP contribution is 2.37. The Hall–Kier alpha value is -2.02. The zero-order valence-electron chi connectivity index (χ0n) is 10.4. The first kappa shape index (κ1) is 15.4. The highest BCUT2D eigenvalue weighted by molar-refractivity contribution is 9.10. The molecule has 0 unspecified atom stereocenters. The Bertz CT molecular complexity index is 669. The molecule has 0 amide bonds. The topological polar surface area (TPSA) is 49.3 Å². The number of hydrogen-bond donors (Lipinski definition) is 2. The van der Waals surface area contributed by atoms with Crippen molar-refractivity contribution in [3.63, 3.8) is 0 Å². The third kappa shape index (κ3) is 3.75. The fraction of sp³-hybridized carbons (Fsp3) is 0.0714. The van der Waals surface area contributed by atoms with Crippen LogP contribution in [0.4, 0.5) is 24.5 Å². The molecule has 0 heterocycles. The Morgan fingerprint density at radius 2 is 1.71 bits per heavy atom. The van der Waals surface area contributed by atoms with E-state index in [1.807, 2.05) is 0 Å². The second kappa shape index (κ2) is 5.77. The van der Waals surface area contributed by atoms with E-state index in [0.717, 1.165) is 6.07 Å². The van der Waals surface area contributed by atoms with E-state index in [1.165, 1.54) is 36.4 Å². The summed E-state index contributed by atoms with van der Waals surface area (Å²) in [6.45, 7) is 0. The minimum atomic E-state index is -4.48. The molecule has 0 atom stereocenters. The third-order valence-electron chi connectivity index (χ3n) is 2.70. The van der Waals surface area contributed by atoms with Gasteiger partial charge in [0.2, 0.25) is 0 Å². The van der Waals surface area contributed by atoms with Crippen LogP contribution in [0.3, 0.4) is 0 Å². The number of anilines is 2. The Morgan fingerprint density at radius 1 is 1.10 bits per heavy atom. The van der Waals surface area contributed by atoms with Gasteiger partial charge in [-0.05, 0) is 42.5 Å². The van der Waals surface area contributed by atoms with E-state index in [9.17, 15) is 18.0 Å². The average molecular weight is 360 g/mol. The van der Waals surface area contributed by atoms with Gasteiger partial charge in [0.15, 0.2) is 0 Å². The van der Waals surface area contributed by atoms with Gasteiger partial charge in [0, 0.05) is 10.2 Å². The number of carbonyl (C=O) groups is 1. The summed E-state index contributed by atoms with van der Waals surface area (Å²) < 4.78 is 39.3. The smallest absolute Gasteiger partial charge is 0.418 e. The maximum Gasteiger partial charge on any atom is 0.418 e. The number of carboxylic acid groups (broad SMARTS) is 1. The zero-order chi connectivity index (χ0) is 15.6. The molecular weight excluding hydrogens is 351 g/mol. The Kier molecular flexibility index (Phi) is 4.22. The summed E-state index contributed by atoms with van der Waals surface area (Å²) in [7, 11) is 0. The van der Waals surface area contributed by atoms with Crippen molar-refractivity contribution in [2.24, 2.45) is 0 Å². The van der Waals surface area contributed by atoms with Gasteiger partial charge in [0.25, 0.3) is 0 Å². The second-order valence-corrected chi connectivity index (χ2v) is 5.11. The van der Waals surface area contributed by atoms with Gasteiger partial charge in [-0.3, -0.25) is 0 Å². The van der Waals surface area contributed by atoms with Crippen molar-refractivity contribution in [2.75, 3.05) is 5.32 Å². The van der Waals surface area contributed by atoms with Crippen molar-refractivity contribution in [1.82, 2.24) is 0 Å². The van der Waals surface area contributed by atoms with Crippen molar-refractivity contribution in [3.05, 3.63) is 58.1 Å². The van der Waals surface area contributed by atoms with E-state index in [0.29, 0.717) is 10.2 Å². The van der Waals surface area contributed by atoms with Gasteiger partial charge >= 0.3 is 12.1 Å². The van der Waals surface area contributed by atoms with E-state index in [-0.39, 0.29) is 11.3 Å². The van der Waals surface area contributed by atoms with Crippen LogP contribution in [-0.4, -0.2) is 11.1 Å². The van der Waals surface area contributed by atoms with Gasteiger partial charge in [-0.1, -0.05) is 15.9 Å². The highest BCUT2D eigenvalue weighted by Gasteiger charge is 2.33. The highest BCUT2D eigenvalue weighted by atomic mass is 79.9. The summed E-state index contributed by atoms with van der Waals surface area (Å²) in [4.78, 5) is 10.7. The molecule has 0 saturated heterocycles. The molecule has 0 fully saturated rings. The predicted octanol–water partition coefficient (Wildman–Crippen LogP) is 4.91. The summed E-state index contributed by atoms with van der Waals surface area (Å²) in [5.74, 6) is -1.10. The van der Waals surface area contributed by atoms with Crippen molar-refractivity contribution >= 4 is 33.3 Å². The number of halogens is 4. The Balaban J connectivity index is 2.34. The Labute approximate surface area is 126 Å². The van der Waals surface area contributed by atoms with Crippen LogP contribution < -0.4 is 5.32 Å². The normalized spacial score (nSPS) is 11.2. The summed E-state index contributed by atoms with van der Waals surface area (Å²) in [5, 5.41) is 11.4. The Morgan fingerprint density at radius 3 is 2.24 bits per heavy atom. The molecule has 7 heteroatoms. The lowest BCUT2D eigenvalue weighted by Gasteiger charge is -2.15. The summed E-state index contributed by atoms with van der Waals surface area (Å²) in [6.07, 6.45) is -4.48. The second-order valence-electron chi connectivity index (χ2n) is 4.20. The van der Waals surface area contributed by atoms with E-state index >= 15 is 0 Å². The molecule has 2 rings (SSSR count). The van der Waals surface area contributed by atoms with Crippen molar-refractivity contribution in [2.45, 2.75) is 6.18 Å². The number of carboxylic acids is 1. The summed E-state index contributed by atoms with van der Waals surface area (Å²) in [5.41, 5.74) is -0.484. The average Bonchev–Trinajstić information content (AvgIpc) is 2.38. The number of rotatable bonds is 3. The molecule has 21 heavy (non-hydrogen) atoms. The van der Waals surface area contributed by atoms with Crippen molar-refractivity contribution < 1.29 is 23.1 Å². The molecule has 0 aliphatic rings. The van der Waals surface area contributed by atoms with Gasteiger partial charge in [0.05, 0.1) is 16.8 Å². The number of benzene rings is 2. The van der Waals surface area contributed by atoms with E-state index < -0.39 is 17.7 Å². The molecule has 0 aromatic heterocycles. The molecular formula is C14H9BrF3NO2. The molecule has 2 aromatic rings. The SMILES string of the molecule is O=C(O)c1ccc(Nc2cc(Br)ccc2C(F)(F)F)cc1. The van der Waals surface area contributed by atoms with E-state index in [2.05, 4.69) is 21.2 Å². The van der Waals surface area contributed by atoms with Gasteiger partial charge in [0.1, 0.15) is 0 Å². The van der Waals surface area contributed by atoms with E-state index in [1.54, 1.807) is 0 Å². The number of aromatic carboxylic acids is 1. The van der Waals surface area contributed by atoms with Gasteiger partial charge in [-0.2, -0.15) is 13.2 Å². The molecule has 2 aromatic carbocycles. The molecule has 0 bridgehead atoms. The van der Waals surface area contributed by atoms with Crippen LogP contribution in [0.5, 0.6) is 0 Å². The third-order valence-corrected chi connectivity index (χ3v) is 3.19. The lowest BCUT2D eigenvalue weighted by atomic mass is 10.1. The van der Waals surface area contributed by atoms with Gasteiger partial charge < -0.3 is 10.4 Å². The first-order valence-electron chi connectivity index (χ1n) is 5.74. The first-order valence-corrected chi connectivity index (χ1v) is 6.54. The van der Waals surface area contributed by atoms with Gasteiger partial charge in [-0.25, -0.2) is 4.79 Å². The van der Waals surface area contributed by atoms with Crippen LogP contribution in [0.1, 0.15) is 15.9 Å². The molecule has 0 aliphatic carbocycles. The minimum absolute atomic E-state index is 0.0610. The van der Waals surface area contributed by atoms with Crippen molar-refractivity contribution in [1.29, 1.82) is 0 Å². The van der Waals surface area contributed by atoms with Gasteiger partial charge in [-0.15, -0.1) is 0 Å². The van der Waals surface area contributed by atoms with Crippen LogP contribution in [0.2, 0.25) is 0 Å². The summed E-state index contributed by atoms with van der Waals surface area (Å²) in [6, 6.07) is 9.04. The number of alkyl halides is 3. The maximum absolute atomic E-state index is 12.9. The molecule has 0 radical (unpaired) electrons. The van der Waals surface area contributed by atoms with Crippen LogP contribution >= 0.6 is 15.9 Å². The monoisotopic (exact) mass is 359 g/mol. The van der Waals surface area contributed by atoms with Crippen LogP contribution in [-0.2, 0) is 6.18 Å². The molecule has 0 aliphatic heterocycles. The maximum atomic E-state index is 12.9. The lowest BCUT2D eigenvalue weighted by Crippen LogP contribution is -2.08. The zero-order valence-corrected chi connectivity index (χ0v) is 12.0. The summed E-state index contributed by atoms with van der Waals surface area (Å²) >= 11 is 3.12. The van der Waals surface area contributed by atoms with Crippen LogP contribution in [0.15, 0.2) is 46.9 Å². The quantitative estimate of drug-likeness (QED) is 0.818. The molecule has 110 valence electrons. The van der Waals surface area contributed by atoms with Crippen LogP contribution in [0.25, 0.3) is 0 Å². The molecule has 0 saturated carbocycles.